The summed E-state index contributed by atoms with van der Waals surface area (Å²) >= 11 is 3.44. The molecule has 4 nitrogen and oxygen atoms in total. The second-order valence-corrected chi connectivity index (χ2v) is 5.77. The van der Waals surface area contributed by atoms with Crippen LogP contribution in [0, 0.1) is 0 Å². The Balaban J connectivity index is 1.98. The number of hydrogen-bond acceptors (Lipinski definition) is 4. The molecule has 0 bridgehead atoms. The Morgan fingerprint density at radius 3 is 2.86 bits per heavy atom. The zero-order valence-corrected chi connectivity index (χ0v) is 12.9. The van der Waals surface area contributed by atoms with Crippen LogP contribution in [-0.4, -0.2) is 9.97 Å². The van der Waals surface area contributed by atoms with Crippen LogP contribution in [0.2, 0.25) is 0 Å². The van der Waals surface area contributed by atoms with Crippen molar-refractivity contribution in [3.05, 3.63) is 70.7 Å². The van der Waals surface area contributed by atoms with Crippen LogP contribution in [0.1, 0.15) is 17.3 Å². The zero-order chi connectivity index (χ0) is 14.7. The molecule has 0 amide bonds. The molecule has 2 aromatic heterocycles. The number of rotatable bonds is 4. The minimum Gasteiger partial charge on any atom is -0.271 e. The van der Waals surface area contributed by atoms with E-state index in [-0.39, 0.29) is 6.04 Å². The van der Waals surface area contributed by atoms with Gasteiger partial charge in [-0.15, -0.1) is 0 Å². The second kappa shape index (κ2) is 6.30. The van der Waals surface area contributed by atoms with Crippen LogP contribution in [0.15, 0.2) is 59.5 Å². The summed E-state index contributed by atoms with van der Waals surface area (Å²) in [6, 6.07) is 12.2. The number of fused-ring (bicyclic) bond motifs is 1. The van der Waals surface area contributed by atoms with Crippen molar-refractivity contribution in [2.24, 2.45) is 5.84 Å². The van der Waals surface area contributed by atoms with Crippen molar-refractivity contribution >= 4 is 26.7 Å². The molecule has 3 N–H and O–H groups in total. The van der Waals surface area contributed by atoms with Crippen LogP contribution in [-0.2, 0) is 6.42 Å². The van der Waals surface area contributed by atoms with E-state index in [1.54, 1.807) is 6.20 Å². The number of hydrazine groups is 1. The average Bonchev–Trinajstić information content (AvgIpc) is 2.52. The maximum Gasteiger partial charge on any atom is 0.0679 e. The van der Waals surface area contributed by atoms with Crippen LogP contribution in [0.5, 0.6) is 0 Å². The Morgan fingerprint density at radius 1 is 1.19 bits per heavy atom. The van der Waals surface area contributed by atoms with Crippen molar-refractivity contribution in [1.29, 1.82) is 0 Å². The minimum atomic E-state index is -0.0628. The molecule has 106 valence electrons. The minimum absolute atomic E-state index is 0.0628. The first-order valence-corrected chi connectivity index (χ1v) is 7.46. The van der Waals surface area contributed by atoms with E-state index in [0.29, 0.717) is 0 Å². The standard InChI is InChI=1S/C16H15BrN4/c17-13-7-11(9-19-10-13)8-15(21-18)16-14-4-2-1-3-12(14)5-6-20-16/h1-7,9-10,15,21H,8,18H2. The molecule has 1 aromatic carbocycles. The first-order chi connectivity index (χ1) is 10.3. The molecule has 1 atom stereocenters. The predicted molar refractivity (Wildman–Crippen MR) is 87.4 cm³/mol. The lowest BCUT2D eigenvalue weighted by Crippen LogP contribution is -2.30. The summed E-state index contributed by atoms with van der Waals surface area (Å²) in [7, 11) is 0. The fourth-order valence-electron chi connectivity index (χ4n) is 2.46. The number of halogens is 1. The first kappa shape index (κ1) is 14.1. The molecule has 0 aliphatic rings. The summed E-state index contributed by atoms with van der Waals surface area (Å²) in [5.74, 6) is 5.76. The molecule has 21 heavy (non-hydrogen) atoms. The van der Waals surface area contributed by atoms with Gasteiger partial charge in [-0.1, -0.05) is 24.3 Å². The van der Waals surface area contributed by atoms with E-state index in [1.165, 1.54) is 0 Å². The van der Waals surface area contributed by atoms with E-state index in [4.69, 9.17) is 5.84 Å². The molecule has 3 aromatic rings. The molecular weight excluding hydrogens is 328 g/mol. The summed E-state index contributed by atoms with van der Waals surface area (Å²) in [6.07, 6.45) is 6.16. The van der Waals surface area contributed by atoms with Crippen molar-refractivity contribution in [3.63, 3.8) is 0 Å². The third kappa shape index (κ3) is 3.10. The molecule has 1 unspecified atom stereocenters. The van der Waals surface area contributed by atoms with E-state index in [9.17, 15) is 0 Å². The van der Waals surface area contributed by atoms with Gasteiger partial charge in [0, 0.05) is 28.4 Å². The Labute approximate surface area is 131 Å². The highest BCUT2D eigenvalue weighted by molar-refractivity contribution is 9.10. The van der Waals surface area contributed by atoms with Gasteiger partial charge in [0.2, 0.25) is 0 Å². The van der Waals surface area contributed by atoms with Gasteiger partial charge < -0.3 is 0 Å². The molecule has 5 heteroatoms. The monoisotopic (exact) mass is 342 g/mol. The van der Waals surface area contributed by atoms with E-state index in [0.717, 1.165) is 32.9 Å². The summed E-state index contributed by atoms with van der Waals surface area (Å²) < 4.78 is 0.960. The number of pyridine rings is 2. The second-order valence-electron chi connectivity index (χ2n) is 4.85. The maximum atomic E-state index is 5.76. The van der Waals surface area contributed by atoms with Crippen molar-refractivity contribution in [2.45, 2.75) is 12.5 Å². The number of benzene rings is 1. The number of hydrogen-bond donors (Lipinski definition) is 2. The molecule has 0 radical (unpaired) electrons. The van der Waals surface area contributed by atoms with Crippen molar-refractivity contribution in [2.75, 3.05) is 0 Å². The number of aromatic nitrogens is 2. The van der Waals surface area contributed by atoms with Crippen LogP contribution in [0.3, 0.4) is 0 Å². The fraction of sp³-hybridized carbons (Fsp3) is 0.125. The summed E-state index contributed by atoms with van der Waals surface area (Å²) in [5.41, 5.74) is 4.93. The van der Waals surface area contributed by atoms with Crippen molar-refractivity contribution in [3.8, 4) is 0 Å². The van der Waals surface area contributed by atoms with Gasteiger partial charge in [-0.05, 0) is 45.4 Å². The van der Waals surface area contributed by atoms with Crippen molar-refractivity contribution in [1.82, 2.24) is 15.4 Å². The molecule has 0 aliphatic carbocycles. The number of nitrogens with zero attached hydrogens (tertiary/aromatic N) is 2. The normalized spacial score (nSPS) is 12.5. The maximum absolute atomic E-state index is 5.76. The van der Waals surface area contributed by atoms with E-state index in [2.05, 4.69) is 43.5 Å². The van der Waals surface area contributed by atoms with Crippen LogP contribution in [0.4, 0.5) is 0 Å². The first-order valence-electron chi connectivity index (χ1n) is 6.67. The highest BCUT2D eigenvalue weighted by atomic mass is 79.9. The van der Waals surface area contributed by atoms with Crippen LogP contribution >= 0.6 is 15.9 Å². The molecular formula is C16H15BrN4. The lowest BCUT2D eigenvalue weighted by atomic mass is 10.00. The van der Waals surface area contributed by atoms with Gasteiger partial charge in [0.15, 0.2) is 0 Å². The Bertz CT molecular complexity index is 755. The van der Waals surface area contributed by atoms with Gasteiger partial charge in [0.05, 0.1) is 11.7 Å². The third-order valence-corrected chi connectivity index (χ3v) is 3.87. The zero-order valence-electron chi connectivity index (χ0n) is 11.3. The van der Waals surface area contributed by atoms with Crippen LogP contribution < -0.4 is 11.3 Å². The largest absolute Gasteiger partial charge is 0.271 e. The van der Waals surface area contributed by atoms with Gasteiger partial charge in [-0.3, -0.25) is 21.2 Å². The molecule has 3 rings (SSSR count). The van der Waals surface area contributed by atoms with Crippen molar-refractivity contribution < 1.29 is 0 Å². The van der Waals surface area contributed by atoms with E-state index < -0.39 is 0 Å². The Hall–Kier alpha value is -1.82. The smallest absolute Gasteiger partial charge is 0.0679 e. The quantitative estimate of drug-likeness (QED) is 0.564. The van der Waals surface area contributed by atoms with Crippen LogP contribution in [0.25, 0.3) is 10.8 Å². The molecule has 0 fully saturated rings. The molecule has 0 aliphatic heterocycles. The average molecular weight is 343 g/mol. The third-order valence-electron chi connectivity index (χ3n) is 3.44. The topological polar surface area (TPSA) is 63.8 Å². The molecule has 0 saturated heterocycles. The lowest BCUT2D eigenvalue weighted by molar-refractivity contribution is 0.542. The highest BCUT2D eigenvalue weighted by Gasteiger charge is 2.15. The lowest BCUT2D eigenvalue weighted by Gasteiger charge is -2.17. The summed E-state index contributed by atoms with van der Waals surface area (Å²) in [6.45, 7) is 0. The molecule has 0 saturated carbocycles. The van der Waals surface area contributed by atoms with Gasteiger partial charge in [-0.2, -0.15) is 0 Å². The SMILES string of the molecule is NNC(Cc1cncc(Br)c1)c1nccc2ccccc12. The summed E-state index contributed by atoms with van der Waals surface area (Å²) in [4.78, 5) is 8.71. The van der Waals surface area contributed by atoms with E-state index >= 15 is 0 Å². The number of nitrogens with two attached hydrogens (primary N) is 1. The number of nitrogens with one attached hydrogen (secondary N) is 1. The summed E-state index contributed by atoms with van der Waals surface area (Å²) in [5, 5.41) is 2.28. The van der Waals surface area contributed by atoms with E-state index in [1.807, 2.05) is 36.7 Å². The van der Waals surface area contributed by atoms with Gasteiger partial charge in [-0.25, -0.2) is 0 Å². The Kier molecular flexibility index (Phi) is 4.24. The highest BCUT2D eigenvalue weighted by Crippen LogP contribution is 2.24. The van der Waals surface area contributed by atoms with Gasteiger partial charge >= 0.3 is 0 Å². The Morgan fingerprint density at radius 2 is 2.05 bits per heavy atom. The molecule has 2 heterocycles. The predicted octanol–water partition coefficient (Wildman–Crippen LogP) is 3.14. The van der Waals surface area contributed by atoms with Gasteiger partial charge in [0.25, 0.3) is 0 Å². The molecule has 0 spiro atoms. The fourth-order valence-corrected chi connectivity index (χ4v) is 2.87. The van der Waals surface area contributed by atoms with Gasteiger partial charge in [0.1, 0.15) is 0 Å².